The highest BCUT2D eigenvalue weighted by Crippen LogP contribution is 2.09. The molecule has 5 nitrogen and oxygen atoms in total. The molecule has 17 heavy (non-hydrogen) atoms. The normalized spacial score (nSPS) is 10.3. The minimum atomic E-state index is -0.0496. The lowest BCUT2D eigenvalue weighted by atomic mass is 10.2. The molecule has 0 saturated carbocycles. The molecule has 2 aromatic rings. The molecule has 0 spiro atoms. The van der Waals surface area contributed by atoms with E-state index in [9.17, 15) is 4.79 Å². The van der Waals surface area contributed by atoms with E-state index in [1.165, 1.54) is 4.90 Å². The van der Waals surface area contributed by atoms with Gasteiger partial charge in [0.15, 0.2) is 0 Å². The van der Waals surface area contributed by atoms with Crippen molar-refractivity contribution in [2.24, 2.45) is 0 Å². The van der Waals surface area contributed by atoms with Gasteiger partial charge >= 0.3 is 0 Å². The van der Waals surface area contributed by atoms with E-state index in [1.807, 2.05) is 23.8 Å². The van der Waals surface area contributed by atoms with Crippen LogP contribution in [0.3, 0.4) is 0 Å². The maximum Gasteiger partial charge on any atom is 0.254 e. The van der Waals surface area contributed by atoms with E-state index in [0.29, 0.717) is 5.56 Å². The summed E-state index contributed by atoms with van der Waals surface area (Å²) in [6, 6.07) is 3.58. The van der Waals surface area contributed by atoms with Crippen LogP contribution >= 0.6 is 0 Å². The maximum atomic E-state index is 11.7. The summed E-state index contributed by atoms with van der Waals surface area (Å²) in [4.78, 5) is 21.6. The van der Waals surface area contributed by atoms with Gasteiger partial charge in [0.1, 0.15) is 11.6 Å². The predicted molar refractivity (Wildman–Crippen MR) is 64.1 cm³/mol. The smallest absolute Gasteiger partial charge is 0.254 e. The Labute approximate surface area is 99.7 Å². The van der Waals surface area contributed by atoms with Crippen LogP contribution in [0.25, 0.3) is 5.82 Å². The van der Waals surface area contributed by atoms with Gasteiger partial charge in [0.25, 0.3) is 5.91 Å². The third-order valence-corrected chi connectivity index (χ3v) is 2.47. The largest absolute Gasteiger partial charge is 0.345 e. The first kappa shape index (κ1) is 11.3. The van der Waals surface area contributed by atoms with Crippen molar-refractivity contribution in [3.8, 4) is 5.82 Å². The molecule has 0 aliphatic carbocycles. The maximum absolute atomic E-state index is 11.7. The van der Waals surface area contributed by atoms with Crippen molar-refractivity contribution in [2.45, 2.75) is 6.92 Å². The molecular weight excluding hydrogens is 216 g/mol. The summed E-state index contributed by atoms with van der Waals surface area (Å²) in [6.45, 7) is 1.90. The van der Waals surface area contributed by atoms with Gasteiger partial charge in [-0.2, -0.15) is 0 Å². The number of carbonyl (C=O) groups excluding carboxylic acids is 1. The molecule has 2 heterocycles. The van der Waals surface area contributed by atoms with Gasteiger partial charge in [-0.1, -0.05) is 0 Å². The van der Waals surface area contributed by atoms with Crippen molar-refractivity contribution in [3.63, 3.8) is 0 Å². The predicted octanol–water partition coefficient (Wildman–Crippen LogP) is 1.28. The molecule has 0 saturated heterocycles. The lowest BCUT2D eigenvalue weighted by molar-refractivity contribution is 0.0827. The van der Waals surface area contributed by atoms with E-state index >= 15 is 0 Å². The van der Waals surface area contributed by atoms with E-state index < -0.39 is 0 Å². The van der Waals surface area contributed by atoms with Crippen LogP contribution in [-0.2, 0) is 0 Å². The van der Waals surface area contributed by atoms with E-state index in [1.54, 1.807) is 32.6 Å². The van der Waals surface area contributed by atoms with Crippen molar-refractivity contribution in [1.29, 1.82) is 0 Å². The quantitative estimate of drug-likeness (QED) is 0.780. The molecule has 0 aromatic carbocycles. The average molecular weight is 230 g/mol. The first-order valence-corrected chi connectivity index (χ1v) is 5.27. The fourth-order valence-corrected chi connectivity index (χ4v) is 1.53. The summed E-state index contributed by atoms with van der Waals surface area (Å²) in [7, 11) is 3.44. The van der Waals surface area contributed by atoms with Gasteiger partial charge < -0.3 is 4.90 Å². The topological polar surface area (TPSA) is 51.0 Å². The van der Waals surface area contributed by atoms with Crippen LogP contribution in [0.5, 0.6) is 0 Å². The number of aryl methyl sites for hydroxylation is 1. The Hall–Kier alpha value is -2.17. The highest BCUT2D eigenvalue weighted by molar-refractivity contribution is 5.93. The van der Waals surface area contributed by atoms with Crippen LogP contribution in [0.1, 0.15) is 16.2 Å². The van der Waals surface area contributed by atoms with Gasteiger partial charge in [0, 0.05) is 32.7 Å². The van der Waals surface area contributed by atoms with Crippen LogP contribution in [0.15, 0.2) is 30.7 Å². The highest BCUT2D eigenvalue weighted by Gasteiger charge is 2.09. The Morgan fingerprint density at radius 2 is 2.06 bits per heavy atom. The minimum Gasteiger partial charge on any atom is -0.345 e. The Bertz CT molecular complexity index is 528. The molecule has 0 aliphatic rings. The SMILES string of the molecule is Cc1nccn1-c1ccc(C(=O)N(C)C)cn1. The summed E-state index contributed by atoms with van der Waals surface area (Å²) in [6.07, 6.45) is 5.14. The molecule has 5 heteroatoms. The molecule has 88 valence electrons. The second kappa shape index (κ2) is 4.37. The number of amides is 1. The van der Waals surface area contributed by atoms with Gasteiger partial charge in [-0.25, -0.2) is 9.97 Å². The van der Waals surface area contributed by atoms with E-state index in [4.69, 9.17) is 0 Å². The number of hydrogen-bond acceptors (Lipinski definition) is 3. The lowest BCUT2D eigenvalue weighted by Crippen LogP contribution is -2.21. The molecule has 0 radical (unpaired) electrons. The number of carbonyl (C=O) groups is 1. The summed E-state index contributed by atoms with van der Waals surface area (Å²) < 4.78 is 1.86. The molecule has 0 fully saturated rings. The highest BCUT2D eigenvalue weighted by atomic mass is 16.2. The third-order valence-electron chi connectivity index (χ3n) is 2.47. The van der Waals surface area contributed by atoms with Gasteiger partial charge in [0.2, 0.25) is 0 Å². The molecule has 0 aliphatic heterocycles. The Kier molecular flexibility index (Phi) is 2.91. The van der Waals surface area contributed by atoms with Crippen LogP contribution in [-0.4, -0.2) is 39.4 Å². The Balaban J connectivity index is 2.31. The van der Waals surface area contributed by atoms with Gasteiger partial charge in [-0.3, -0.25) is 9.36 Å². The number of pyridine rings is 1. The second-order valence-corrected chi connectivity index (χ2v) is 3.95. The third kappa shape index (κ3) is 2.18. The van der Waals surface area contributed by atoms with Crippen molar-refractivity contribution in [3.05, 3.63) is 42.1 Å². The molecule has 0 unspecified atom stereocenters. The fraction of sp³-hybridized carbons (Fsp3) is 0.250. The number of nitrogens with zero attached hydrogens (tertiary/aromatic N) is 4. The zero-order chi connectivity index (χ0) is 12.4. The van der Waals surface area contributed by atoms with Crippen molar-refractivity contribution in [2.75, 3.05) is 14.1 Å². The molecule has 0 atom stereocenters. The van der Waals surface area contributed by atoms with Crippen molar-refractivity contribution in [1.82, 2.24) is 19.4 Å². The van der Waals surface area contributed by atoms with E-state index in [-0.39, 0.29) is 5.91 Å². The van der Waals surface area contributed by atoms with Crippen LogP contribution < -0.4 is 0 Å². The lowest BCUT2D eigenvalue weighted by Gasteiger charge is -2.10. The molecule has 0 N–H and O–H groups in total. The van der Waals surface area contributed by atoms with E-state index in [0.717, 1.165) is 11.6 Å². The van der Waals surface area contributed by atoms with Crippen LogP contribution in [0, 0.1) is 6.92 Å². The summed E-state index contributed by atoms with van der Waals surface area (Å²) in [5, 5.41) is 0. The number of imidazole rings is 1. The monoisotopic (exact) mass is 230 g/mol. The Morgan fingerprint density at radius 3 is 2.53 bits per heavy atom. The van der Waals surface area contributed by atoms with Gasteiger partial charge in [0.05, 0.1) is 5.56 Å². The van der Waals surface area contributed by atoms with Gasteiger partial charge in [-0.05, 0) is 19.1 Å². The summed E-state index contributed by atoms with van der Waals surface area (Å²) in [5.74, 6) is 1.57. The standard InChI is InChI=1S/C12H14N4O/c1-9-13-6-7-16(9)11-5-4-10(8-14-11)12(17)15(2)3/h4-8H,1-3H3. The first-order valence-electron chi connectivity index (χ1n) is 5.27. The average Bonchev–Trinajstić information content (AvgIpc) is 2.74. The summed E-state index contributed by atoms with van der Waals surface area (Å²) in [5.41, 5.74) is 0.580. The minimum absolute atomic E-state index is 0.0496. The number of hydrogen-bond donors (Lipinski definition) is 0. The van der Waals surface area contributed by atoms with E-state index in [2.05, 4.69) is 9.97 Å². The van der Waals surface area contributed by atoms with Crippen molar-refractivity contribution < 1.29 is 4.79 Å². The Morgan fingerprint density at radius 1 is 1.29 bits per heavy atom. The first-order chi connectivity index (χ1) is 8.09. The molecule has 0 bridgehead atoms. The van der Waals surface area contributed by atoms with Crippen molar-refractivity contribution >= 4 is 5.91 Å². The molecule has 1 amide bonds. The van der Waals surface area contributed by atoms with Crippen LogP contribution in [0.2, 0.25) is 0 Å². The van der Waals surface area contributed by atoms with Gasteiger partial charge in [-0.15, -0.1) is 0 Å². The number of rotatable bonds is 2. The van der Waals surface area contributed by atoms with Crippen LogP contribution in [0.4, 0.5) is 0 Å². The zero-order valence-corrected chi connectivity index (χ0v) is 10.1. The summed E-state index contributed by atoms with van der Waals surface area (Å²) >= 11 is 0. The molecule has 2 rings (SSSR count). The fourth-order valence-electron chi connectivity index (χ4n) is 1.53. The molecular formula is C12H14N4O. The number of aromatic nitrogens is 3. The molecule has 2 aromatic heterocycles. The zero-order valence-electron chi connectivity index (χ0n) is 10.1. The second-order valence-electron chi connectivity index (χ2n) is 3.95.